The van der Waals surface area contributed by atoms with Crippen LogP contribution in [0.1, 0.15) is 147 Å². The zero-order valence-corrected chi connectivity index (χ0v) is 37.2. The summed E-state index contributed by atoms with van der Waals surface area (Å²) in [7, 11) is 0. The molecule has 0 N–H and O–H groups in total. The Bertz CT molecular complexity index is 2150. The first-order valence-corrected chi connectivity index (χ1v) is 22.3. The van der Waals surface area contributed by atoms with Gasteiger partial charge in [0.2, 0.25) is 0 Å². The first kappa shape index (κ1) is 39.3. The number of halogens is 2. The van der Waals surface area contributed by atoms with Crippen molar-refractivity contribution in [1.82, 2.24) is 0 Å². The van der Waals surface area contributed by atoms with Crippen LogP contribution < -0.4 is 9.80 Å². The number of anilines is 6. The highest BCUT2D eigenvalue weighted by molar-refractivity contribution is 9.10. The Labute approximate surface area is 350 Å². The summed E-state index contributed by atoms with van der Waals surface area (Å²) in [5.74, 6) is 0.659. The van der Waals surface area contributed by atoms with Gasteiger partial charge in [-0.15, -0.1) is 0 Å². The standard InChI is InChI=1S/C52H60BrClN2/c1-49(2)27-29-51(5,6)44-31-39(23-25-42(44)49)56(40-24-26-43-45(32-40)52(7,8)30-28-50(43,3)4)47-34-41(33-46(53)48(47)54)55(37-17-13-10-14-18-37)38-21-19-36(20-22-38)35-15-11-9-12-16-35/h10,13-14,17-26,31-35H,9,11-12,15-16,27-30H2,1-8H3. The lowest BCUT2D eigenvalue weighted by Gasteiger charge is -2.43. The second-order valence-electron chi connectivity index (χ2n) is 19.7. The molecule has 0 spiro atoms. The lowest BCUT2D eigenvalue weighted by atomic mass is 9.63. The molecule has 0 radical (unpaired) electrons. The van der Waals surface area contributed by atoms with Crippen LogP contribution in [0.15, 0.2) is 108 Å². The van der Waals surface area contributed by atoms with Crippen LogP contribution in [0.3, 0.4) is 0 Å². The molecule has 0 unspecified atom stereocenters. The normalized spacial score (nSPS) is 19.5. The van der Waals surface area contributed by atoms with E-state index in [4.69, 9.17) is 11.6 Å². The summed E-state index contributed by atoms with van der Waals surface area (Å²) in [4.78, 5) is 4.81. The summed E-state index contributed by atoms with van der Waals surface area (Å²) in [6, 6.07) is 39.0. The fourth-order valence-corrected chi connectivity index (χ4v) is 10.7. The number of fused-ring (bicyclic) bond motifs is 2. The minimum Gasteiger partial charge on any atom is -0.310 e. The van der Waals surface area contributed by atoms with Crippen molar-refractivity contribution in [3.63, 3.8) is 0 Å². The van der Waals surface area contributed by atoms with Gasteiger partial charge < -0.3 is 9.80 Å². The van der Waals surface area contributed by atoms with Crippen LogP contribution in [-0.4, -0.2) is 0 Å². The van der Waals surface area contributed by atoms with Crippen molar-refractivity contribution < 1.29 is 0 Å². The van der Waals surface area contributed by atoms with E-state index in [1.165, 1.54) is 72.8 Å². The van der Waals surface area contributed by atoms with Gasteiger partial charge in [-0.05, 0) is 171 Å². The Morgan fingerprint density at radius 2 is 0.946 bits per heavy atom. The molecule has 56 heavy (non-hydrogen) atoms. The monoisotopic (exact) mass is 826 g/mol. The average Bonchev–Trinajstić information content (AvgIpc) is 3.18. The lowest BCUT2D eigenvalue weighted by molar-refractivity contribution is 0.332. The number of para-hydroxylation sites is 1. The molecule has 3 aliphatic rings. The third-order valence-corrected chi connectivity index (χ3v) is 15.2. The summed E-state index contributed by atoms with van der Waals surface area (Å²) in [5.41, 5.74) is 14.2. The fraction of sp³-hybridized carbons (Fsp3) is 0.423. The molecule has 0 atom stereocenters. The van der Waals surface area contributed by atoms with E-state index < -0.39 is 0 Å². The molecule has 3 aliphatic carbocycles. The number of hydrogen-bond acceptors (Lipinski definition) is 2. The predicted molar refractivity (Wildman–Crippen MR) is 245 cm³/mol. The molecule has 0 saturated heterocycles. The molecular weight excluding hydrogens is 768 g/mol. The van der Waals surface area contributed by atoms with Gasteiger partial charge in [0.15, 0.2) is 0 Å². The Kier molecular flexibility index (Phi) is 10.3. The zero-order chi connectivity index (χ0) is 39.6. The van der Waals surface area contributed by atoms with Crippen molar-refractivity contribution in [3.05, 3.63) is 140 Å². The van der Waals surface area contributed by atoms with Gasteiger partial charge in [0, 0.05) is 32.9 Å². The molecular formula is C52H60BrClN2. The molecule has 1 fully saturated rings. The van der Waals surface area contributed by atoms with Crippen LogP contribution in [0.25, 0.3) is 0 Å². The molecule has 5 aromatic carbocycles. The molecule has 0 aliphatic heterocycles. The Morgan fingerprint density at radius 3 is 1.46 bits per heavy atom. The van der Waals surface area contributed by atoms with Crippen LogP contribution in [0.4, 0.5) is 34.1 Å². The van der Waals surface area contributed by atoms with E-state index in [1.54, 1.807) is 0 Å². The molecule has 292 valence electrons. The highest BCUT2D eigenvalue weighted by atomic mass is 79.9. The van der Waals surface area contributed by atoms with E-state index in [-0.39, 0.29) is 21.7 Å². The fourth-order valence-electron chi connectivity index (χ4n) is 10.1. The van der Waals surface area contributed by atoms with E-state index in [0.29, 0.717) is 10.9 Å². The average molecular weight is 828 g/mol. The van der Waals surface area contributed by atoms with E-state index >= 15 is 0 Å². The second kappa shape index (κ2) is 14.7. The number of nitrogens with zero attached hydrogens (tertiary/aromatic N) is 2. The number of benzene rings is 5. The Morgan fingerprint density at radius 1 is 0.482 bits per heavy atom. The van der Waals surface area contributed by atoms with Gasteiger partial charge >= 0.3 is 0 Å². The largest absolute Gasteiger partial charge is 0.310 e. The molecule has 0 heterocycles. The van der Waals surface area contributed by atoms with Crippen LogP contribution in [-0.2, 0) is 21.7 Å². The van der Waals surface area contributed by atoms with E-state index in [9.17, 15) is 0 Å². The molecule has 1 saturated carbocycles. The van der Waals surface area contributed by atoms with Crippen LogP contribution in [0.2, 0.25) is 5.02 Å². The van der Waals surface area contributed by atoms with Crippen molar-refractivity contribution in [2.45, 2.75) is 141 Å². The van der Waals surface area contributed by atoms with Gasteiger partial charge in [0.05, 0.1) is 10.7 Å². The summed E-state index contributed by atoms with van der Waals surface area (Å²) >= 11 is 11.5. The quantitative estimate of drug-likeness (QED) is 0.161. The summed E-state index contributed by atoms with van der Waals surface area (Å²) in [5, 5.41) is 0.698. The minimum absolute atomic E-state index is 0.0640. The lowest BCUT2D eigenvalue weighted by Crippen LogP contribution is -2.34. The third-order valence-electron chi connectivity index (χ3n) is 13.9. The Hall–Kier alpha value is -3.53. The van der Waals surface area contributed by atoms with Crippen LogP contribution in [0.5, 0.6) is 0 Å². The molecule has 0 bridgehead atoms. The maximum absolute atomic E-state index is 7.55. The maximum atomic E-state index is 7.55. The van der Waals surface area contributed by atoms with Crippen LogP contribution in [0, 0.1) is 0 Å². The molecule has 4 heteroatoms. The topological polar surface area (TPSA) is 6.48 Å². The van der Waals surface area contributed by atoms with Gasteiger partial charge in [-0.1, -0.05) is 129 Å². The molecule has 0 aromatic heterocycles. The van der Waals surface area contributed by atoms with Gasteiger partial charge in [-0.2, -0.15) is 0 Å². The van der Waals surface area contributed by atoms with Crippen molar-refractivity contribution >= 4 is 61.7 Å². The van der Waals surface area contributed by atoms with Crippen LogP contribution >= 0.6 is 27.5 Å². The first-order chi connectivity index (χ1) is 26.6. The summed E-state index contributed by atoms with van der Waals surface area (Å²) in [6.07, 6.45) is 11.3. The third kappa shape index (κ3) is 7.26. The SMILES string of the molecule is CC1(C)CCC(C)(C)c2cc(N(c3ccc4c(c3)C(C)(C)CCC4(C)C)c3cc(N(c4ccccc4)c4ccc(C5CCCCC5)cc4)cc(Br)c3Cl)ccc21. The van der Waals surface area contributed by atoms with Crippen molar-refractivity contribution in [2.75, 3.05) is 9.80 Å². The maximum Gasteiger partial charge on any atom is 0.0790 e. The smallest absolute Gasteiger partial charge is 0.0790 e. The van der Waals surface area contributed by atoms with E-state index in [0.717, 1.165) is 51.4 Å². The molecule has 2 nitrogen and oxygen atoms in total. The van der Waals surface area contributed by atoms with Gasteiger partial charge in [0.1, 0.15) is 0 Å². The minimum atomic E-state index is 0.0640. The number of rotatable bonds is 7. The number of hydrogen-bond donors (Lipinski definition) is 0. The van der Waals surface area contributed by atoms with Gasteiger partial charge in [-0.25, -0.2) is 0 Å². The van der Waals surface area contributed by atoms with Gasteiger partial charge in [-0.3, -0.25) is 0 Å². The summed E-state index contributed by atoms with van der Waals surface area (Å²) < 4.78 is 0.871. The molecule has 5 aromatic rings. The van der Waals surface area contributed by atoms with E-state index in [1.807, 2.05) is 0 Å². The van der Waals surface area contributed by atoms with E-state index in [2.05, 4.69) is 184 Å². The van der Waals surface area contributed by atoms with Crippen molar-refractivity contribution in [3.8, 4) is 0 Å². The van der Waals surface area contributed by atoms with Crippen molar-refractivity contribution in [2.24, 2.45) is 0 Å². The molecule has 8 rings (SSSR count). The van der Waals surface area contributed by atoms with Gasteiger partial charge in [0.25, 0.3) is 0 Å². The van der Waals surface area contributed by atoms with Crippen molar-refractivity contribution in [1.29, 1.82) is 0 Å². The molecule has 0 amide bonds. The second-order valence-corrected chi connectivity index (χ2v) is 20.9. The first-order valence-electron chi connectivity index (χ1n) is 21.1. The zero-order valence-electron chi connectivity index (χ0n) is 34.9. The summed E-state index contributed by atoms with van der Waals surface area (Å²) in [6.45, 7) is 19.3. The highest BCUT2D eigenvalue weighted by Gasteiger charge is 2.39. The predicted octanol–water partition coefficient (Wildman–Crippen LogP) is 16.8. The Balaban J connectivity index is 1.33. The highest BCUT2D eigenvalue weighted by Crippen LogP contribution is 2.53.